The molecule has 0 aliphatic heterocycles. The first kappa shape index (κ1) is 20.8. The third-order valence-corrected chi connectivity index (χ3v) is 4.51. The molecule has 1 saturated carbocycles. The van der Waals surface area contributed by atoms with Crippen molar-refractivity contribution < 1.29 is 31.8 Å². The van der Waals surface area contributed by atoms with Crippen LogP contribution in [0.2, 0.25) is 0 Å². The number of carbonyl (C=O) groups excluding carboxylic acids is 1. The van der Waals surface area contributed by atoms with Crippen molar-refractivity contribution >= 4 is 29.2 Å². The summed E-state index contributed by atoms with van der Waals surface area (Å²) in [5.41, 5.74) is -0.0435. The van der Waals surface area contributed by atoms with Crippen LogP contribution in [0.3, 0.4) is 0 Å². The molecule has 144 valence electrons. The smallest absolute Gasteiger partial charge is 0.461 e. The SMILES string of the molecule is CC1(C)C(C=C(Cl)Cl)C1C(=O)OCc1cccc(OC(F)(F)C(F)F)c1. The van der Waals surface area contributed by atoms with Gasteiger partial charge in [0.1, 0.15) is 16.8 Å². The van der Waals surface area contributed by atoms with E-state index >= 15 is 0 Å². The van der Waals surface area contributed by atoms with Crippen molar-refractivity contribution in [2.24, 2.45) is 17.3 Å². The van der Waals surface area contributed by atoms with E-state index in [9.17, 15) is 22.4 Å². The minimum Gasteiger partial charge on any atom is -0.461 e. The molecule has 0 N–H and O–H groups in total. The summed E-state index contributed by atoms with van der Waals surface area (Å²) in [5.74, 6) is -1.54. The Morgan fingerprint density at radius 2 is 2.00 bits per heavy atom. The summed E-state index contributed by atoms with van der Waals surface area (Å²) in [6.07, 6.45) is -7.00. The molecule has 0 bridgehead atoms. The Labute approximate surface area is 157 Å². The molecule has 1 fully saturated rings. The van der Waals surface area contributed by atoms with Gasteiger partial charge in [-0.05, 0) is 35.1 Å². The summed E-state index contributed by atoms with van der Waals surface area (Å²) in [6, 6.07) is 5.04. The van der Waals surface area contributed by atoms with Crippen LogP contribution >= 0.6 is 23.2 Å². The number of allylic oxidation sites excluding steroid dienone is 1. The lowest BCUT2D eigenvalue weighted by Crippen LogP contribution is -2.33. The largest absolute Gasteiger partial charge is 0.461 e. The maximum Gasteiger partial charge on any atom is 0.461 e. The number of rotatable bonds is 7. The fourth-order valence-corrected chi connectivity index (χ4v) is 2.99. The fourth-order valence-electron chi connectivity index (χ4n) is 2.72. The van der Waals surface area contributed by atoms with Crippen molar-refractivity contribution in [1.29, 1.82) is 0 Å². The van der Waals surface area contributed by atoms with Crippen molar-refractivity contribution in [3.63, 3.8) is 0 Å². The van der Waals surface area contributed by atoms with Crippen molar-refractivity contribution in [3.05, 3.63) is 40.4 Å². The molecule has 2 unspecified atom stereocenters. The molecule has 1 aliphatic rings. The van der Waals surface area contributed by atoms with E-state index in [0.29, 0.717) is 5.56 Å². The molecule has 0 radical (unpaired) electrons. The topological polar surface area (TPSA) is 35.5 Å². The maximum absolute atomic E-state index is 12.9. The number of esters is 1. The molecule has 9 heteroatoms. The van der Waals surface area contributed by atoms with Gasteiger partial charge in [-0.3, -0.25) is 4.79 Å². The zero-order valence-electron chi connectivity index (χ0n) is 13.8. The van der Waals surface area contributed by atoms with Gasteiger partial charge in [0.05, 0.1) is 5.92 Å². The predicted octanol–water partition coefficient (Wildman–Crippen LogP) is 5.56. The molecule has 0 aromatic heterocycles. The molecule has 1 aliphatic carbocycles. The fraction of sp³-hybridized carbons (Fsp3) is 0.471. The van der Waals surface area contributed by atoms with Crippen LogP contribution in [0.25, 0.3) is 0 Å². The van der Waals surface area contributed by atoms with Gasteiger partial charge < -0.3 is 9.47 Å². The van der Waals surface area contributed by atoms with Crippen molar-refractivity contribution in [2.45, 2.75) is 33.0 Å². The lowest BCUT2D eigenvalue weighted by Gasteiger charge is -2.17. The first-order chi connectivity index (χ1) is 11.9. The van der Waals surface area contributed by atoms with E-state index in [1.807, 2.05) is 13.8 Å². The van der Waals surface area contributed by atoms with Gasteiger partial charge in [0.25, 0.3) is 0 Å². The van der Waals surface area contributed by atoms with Crippen molar-refractivity contribution in [2.75, 3.05) is 0 Å². The third kappa shape index (κ3) is 4.82. The quantitative estimate of drug-likeness (QED) is 0.432. The standard InChI is InChI=1S/C17H16Cl2F4O3/c1-16(2)11(7-12(18)19)13(16)14(24)25-8-9-4-3-5-10(6-9)26-17(22,23)15(20)21/h3-7,11,13,15H,8H2,1-2H3. The minimum absolute atomic E-state index is 0.0585. The summed E-state index contributed by atoms with van der Waals surface area (Å²) < 4.78 is 59.5. The molecule has 1 aromatic rings. The van der Waals surface area contributed by atoms with Gasteiger partial charge in [-0.15, -0.1) is 0 Å². The van der Waals surface area contributed by atoms with Crippen LogP contribution in [0, 0.1) is 17.3 Å². The van der Waals surface area contributed by atoms with E-state index in [1.165, 1.54) is 12.1 Å². The van der Waals surface area contributed by atoms with Crippen LogP contribution in [0.5, 0.6) is 5.75 Å². The predicted molar refractivity (Wildman–Crippen MR) is 88.4 cm³/mol. The number of benzene rings is 1. The molecule has 0 saturated heterocycles. The van der Waals surface area contributed by atoms with Crippen LogP contribution in [0.1, 0.15) is 19.4 Å². The Bertz CT molecular complexity index is 703. The second-order valence-electron chi connectivity index (χ2n) is 6.50. The number of halogens is 6. The van der Waals surface area contributed by atoms with E-state index in [2.05, 4.69) is 4.74 Å². The molecule has 0 amide bonds. The Morgan fingerprint density at radius 1 is 1.35 bits per heavy atom. The van der Waals surface area contributed by atoms with Gasteiger partial charge in [-0.2, -0.15) is 17.6 Å². The summed E-state index contributed by atoms with van der Waals surface area (Å²) in [6.45, 7) is 3.50. The summed E-state index contributed by atoms with van der Waals surface area (Å²) >= 11 is 11.2. The van der Waals surface area contributed by atoms with E-state index in [0.717, 1.165) is 12.1 Å². The van der Waals surface area contributed by atoms with Crippen molar-refractivity contribution in [3.8, 4) is 5.75 Å². The molecule has 2 atom stereocenters. The van der Waals surface area contributed by atoms with E-state index < -0.39 is 30.2 Å². The molecule has 0 spiro atoms. The Morgan fingerprint density at radius 3 is 2.58 bits per heavy atom. The first-order valence-electron chi connectivity index (χ1n) is 7.58. The van der Waals surface area contributed by atoms with Crippen LogP contribution in [0.15, 0.2) is 34.8 Å². The molecular weight excluding hydrogens is 399 g/mol. The van der Waals surface area contributed by atoms with E-state index in [-0.39, 0.29) is 22.4 Å². The van der Waals surface area contributed by atoms with E-state index in [1.54, 1.807) is 6.08 Å². The zero-order chi connectivity index (χ0) is 19.7. The number of hydrogen-bond acceptors (Lipinski definition) is 3. The van der Waals surface area contributed by atoms with Gasteiger partial charge >= 0.3 is 18.5 Å². The van der Waals surface area contributed by atoms with Crippen LogP contribution < -0.4 is 4.74 Å². The highest BCUT2D eigenvalue weighted by atomic mass is 35.5. The lowest BCUT2D eigenvalue weighted by atomic mass is 10.1. The number of ether oxygens (including phenoxy) is 2. The average Bonchev–Trinajstić information content (AvgIpc) is 3.04. The molecular formula is C17H16Cl2F4O3. The average molecular weight is 415 g/mol. The van der Waals surface area contributed by atoms with E-state index in [4.69, 9.17) is 27.9 Å². The normalized spacial score (nSPS) is 21.3. The maximum atomic E-state index is 12.9. The number of alkyl halides is 4. The van der Waals surface area contributed by atoms with Gasteiger partial charge in [0, 0.05) is 0 Å². The second kappa shape index (κ2) is 7.64. The Balaban J connectivity index is 1.97. The molecule has 3 nitrogen and oxygen atoms in total. The Kier molecular flexibility index (Phi) is 6.13. The second-order valence-corrected chi connectivity index (χ2v) is 7.51. The zero-order valence-corrected chi connectivity index (χ0v) is 15.3. The van der Waals surface area contributed by atoms with Gasteiger partial charge in [0.2, 0.25) is 0 Å². The lowest BCUT2D eigenvalue weighted by molar-refractivity contribution is -0.253. The van der Waals surface area contributed by atoms with Crippen LogP contribution in [-0.4, -0.2) is 18.5 Å². The highest BCUT2D eigenvalue weighted by Gasteiger charge is 2.61. The Hall–Kier alpha value is -1.47. The van der Waals surface area contributed by atoms with Gasteiger partial charge in [0.15, 0.2) is 0 Å². The summed E-state index contributed by atoms with van der Waals surface area (Å²) in [5, 5.41) is 0. The van der Waals surface area contributed by atoms with Crippen LogP contribution in [-0.2, 0) is 16.1 Å². The van der Waals surface area contributed by atoms with Crippen LogP contribution in [0.4, 0.5) is 17.6 Å². The first-order valence-corrected chi connectivity index (χ1v) is 8.34. The molecule has 26 heavy (non-hydrogen) atoms. The summed E-state index contributed by atoms with van der Waals surface area (Å²) in [4.78, 5) is 12.2. The molecule has 1 aromatic carbocycles. The van der Waals surface area contributed by atoms with Gasteiger partial charge in [-0.1, -0.05) is 49.2 Å². The monoisotopic (exact) mass is 414 g/mol. The summed E-state index contributed by atoms with van der Waals surface area (Å²) in [7, 11) is 0. The highest BCUT2D eigenvalue weighted by Crippen LogP contribution is 2.60. The highest BCUT2D eigenvalue weighted by molar-refractivity contribution is 6.55. The van der Waals surface area contributed by atoms with Gasteiger partial charge in [-0.25, -0.2) is 0 Å². The number of carbonyl (C=O) groups is 1. The number of hydrogen-bond donors (Lipinski definition) is 0. The minimum atomic E-state index is -4.60. The third-order valence-electron chi connectivity index (χ3n) is 4.26. The molecule has 2 rings (SSSR count). The molecule has 0 heterocycles. The van der Waals surface area contributed by atoms with Crippen molar-refractivity contribution in [1.82, 2.24) is 0 Å².